The molecule has 0 radical (unpaired) electrons. The number of hydrogen-bond acceptors (Lipinski definition) is 2. The predicted octanol–water partition coefficient (Wildman–Crippen LogP) is 3.34. The van der Waals surface area contributed by atoms with Crippen molar-refractivity contribution in [2.75, 3.05) is 19.6 Å². The van der Waals surface area contributed by atoms with Crippen molar-refractivity contribution in [1.29, 1.82) is 0 Å². The van der Waals surface area contributed by atoms with Gasteiger partial charge in [0.05, 0.1) is 0 Å². The minimum Gasteiger partial charge on any atom is -0.323 e. The van der Waals surface area contributed by atoms with E-state index in [0.29, 0.717) is 0 Å². The molecule has 0 amide bonds. The highest BCUT2D eigenvalue weighted by atomic mass is 15.1. The van der Waals surface area contributed by atoms with E-state index in [1.807, 2.05) is 0 Å². The molecule has 1 aliphatic rings. The van der Waals surface area contributed by atoms with Gasteiger partial charge in [-0.25, -0.2) is 0 Å². The summed E-state index contributed by atoms with van der Waals surface area (Å²) in [6.07, 6.45) is 2.64. The number of piperidine rings is 1. The summed E-state index contributed by atoms with van der Waals surface area (Å²) in [4.78, 5) is 2.53. The molecule has 1 unspecified atom stereocenters. The molecule has 1 aliphatic heterocycles. The molecule has 0 aromatic heterocycles. The fourth-order valence-corrected chi connectivity index (χ4v) is 3.39. The maximum atomic E-state index is 6.47. The average molecular weight is 260 g/mol. The number of hydrogen-bond donors (Lipinski definition) is 1. The van der Waals surface area contributed by atoms with Crippen LogP contribution in [-0.2, 0) is 0 Å². The van der Waals surface area contributed by atoms with Gasteiger partial charge >= 0.3 is 0 Å². The Labute approximate surface area is 118 Å². The lowest BCUT2D eigenvalue weighted by molar-refractivity contribution is 0.183. The van der Waals surface area contributed by atoms with Crippen LogP contribution in [0.5, 0.6) is 0 Å². The third kappa shape index (κ3) is 3.58. The molecule has 1 fully saturated rings. The van der Waals surface area contributed by atoms with Crippen LogP contribution in [0.15, 0.2) is 12.1 Å². The second kappa shape index (κ2) is 6.06. The molecule has 19 heavy (non-hydrogen) atoms. The molecule has 1 aromatic carbocycles. The fraction of sp³-hybridized carbons (Fsp3) is 0.647. The van der Waals surface area contributed by atoms with Crippen molar-refractivity contribution >= 4 is 0 Å². The molecule has 2 N–H and O–H groups in total. The van der Waals surface area contributed by atoms with Gasteiger partial charge in [0.25, 0.3) is 0 Å². The smallest absolute Gasteiger partial charge is 0.0429 e. The van der Waals surface area contributed by atoms with Gasteiger partial charge in [0.1, 0.15) is 0 Å². The molecule has 1 saturated heterocycles. The molecule has 0 aliphatic carbocycles. The van der Waals surface area contributed by atoms with Crippen LogP contribution in [0, 0.1) is 26.7 Å². The molecular weight excluding hydrogens is 232 g/mol. The largest absolute Gasteiger partial charge is 0.323 e. The van der Waals surface area contributed by atoms with E-state index in [0.717, 1.165) is 12.5 Å². The van der Waals surface area contributed by atoms with Crippen LogP contribution in [0.3, 0.4) is 0 Å². The average Bonchev–Trinajstić information content (AvgIpc) is 2.30. The number of benzene rings is 1. The van der Waals surface area contributed by atoms with Gasteiger partial charge in [0.2, 0.25) is 0 Å². The zero-order valence-electron chi connectivity index (χ0n) is 12.9. The van der Waals surface area contributed by atoms with Gasteiger partial charge in [0, 0.05) is 12.6 Å². The van der Waals surface area contributed by atoms with E-state index in [-0.39, 0.29) is 6.04 Å². The zero-order valence-corrected chi connectivity index (χ0v) is 12.9. The highest BCUT2D eigenvalue weighted by Crippen LogP contribution is 2.24. The topological polar surface area (TPSA) is 29.3 Å². The van der Waals surface area contributed by atoms with Crippen LogP contribution in [0.1, 0.15) is 48.1 Å². The molecule has 106 valence electrons. The van der Waals surface area contributed by atoms with Crippen molar-refractivity contribution in [2.24, 2.45) is 11.7 Å². The van der Waals surface area contributed by atoms with Gasteiger partial charge in [0.15, 0.2) is 0 Å². The Morgan fingerprint density at radius 1 is 1.16 bits per heavy atom. The normalized spacial score (nSPS) is 19.6. The van der Waals surface area contributed by atoms with Crippen LogP contribution in [0.25, 0.3) is 0 Å². The number of aryl methyl sites for hydroxylation is 3. The summed E-state index contributed by atoms with van der Waals surface area (Å²) in [5.74, 6) is 0.885. The molecule has 2 rings (SSSR count). The first-order valence-electron chi connectivity index (χ1n) is 7.53. The van der Waals surface area contributed by atoms with E-state index < -0.39 is 0 Å². The Bertz CT molecular complexity index is 408. The first-order chi connectivity index (χ1) is 8.97. The van der Waals surface area contributed by atoms with E-state index in [1.165, 1.54) is 48.2 Å². The second-order valence-corrected chi connectivity index (χ2v) is 6.40. The number of nitrogens with two attached hydrogens (primary N) is 1. The Balaban J connectivity index is 2.06. The van der Waals surface area contributed by atoms with Gasteiger partial charge in [-0.2, -0.15) is 0 Å². The Hall–Kier alpha value is -0.860. The van der Waals surface area contributed by atoms with E-state index in [2.05, 4.69) is 44.7 Å². The second-order valence-electron chi connectivity index (χ2n) is 6.40. The first-order valence-corrected chi connectivity index (χ1v) is 7.53. The standard InChI is InChI=1S/C17H28N2/c1-12-5-7-19(8-6-12)11-16(18)17-14(3)9-13(2)10-15(17)4/h9-10,12,16H,5-8,11,18H2,1-4H3. The maximum absolute atomic E-state index is 6.47. The third-order valence-electron chi connectivity index (χ3n) is 4.44. The van der Waals surface area contributed by atoms with E-state index in [4.69, 9.17) is 5.73 Å². The molecule has 2 heteroatoms. The van der Waals surface area contributed by atoms with Crippen molar-refractivity contribution in [2.45, 2.75) is 46.6 Å². The molecule has 1 aromatic rings. The number of likely N-dealkylation sites (tertiary alicyclic amines) is 1. The Morgan fingerprint density at radius 2 is 1.68 bits per heavy atom. The number of rotatable bonds is 3. The van der Waals surface area contributed by atoms with E-state index in [1.54, 1.807) is 0 Å². The van der Waals surface area contributed by atoms with Crippen molar-refractivity contribution in [3.63, 3.8) is 0 Å². The molecular formula is C17H28N2. The fourth-order valence-electron chi connectivity index (χ4n) is 3.39. The van der Waals surface area contributed by atoms with Crippen LogP contribution in [-0.4, -0.2) is 24.5 Å². The van der Waals surface area contributed by atoms with Crippen molar-refractivity contribution in [1.82, 2.24) is 4.90 Å². The van der Waals surface area contributed by atoms with Crippen LogP contribution < -0.4 is 5.73 Å². The van der Waals surface area contributed by atoms with Gasteiger partial charge < -0.3 is 10.6 Å². The lowest BCUT2D eigenvalue weighted by Crippen LogP contribution is -2.38. The summed E-state index contributed by atoms with van der Waals surface area (Å²) < 4.78 is 0. The minimum absolute atomic E-state index is 0.147. The molecule has 2 nitrogen and oxygen atoms in total. The highest BCUT2D eigenvalue weighted by molar-refractivity contribution is 5.39. The summed E-state index contributed by atoms with van der Waals surface area (Å²) in [5.41, 5.74) is 11.8. The molecule has 0 spiro atoms. The van der Waals surface area contributed by atoms with Crippen LogP contribution in [0.4, 0.5) is 0 Å². The SMILES string of the molecule is Cc1cc(C)c(C(N)CN2CCC(C)CC2)c(C)c1. The van der Waals surface area contributed by atoms with E-state index >= 15 is 0 Å². The quantitative estimate of drug-likeness (QED) is 0.903. The van der Waals surface area contributed by atoms with Crippen LogP contribution >= 0.6 is 0 Å². The minimum atomic E-state index is 0.147. The highest BCUT2D eigenvalue weighted by Gasteiger charge is 2.20. The predicted molar refractivity (Wildman–Crippen MR) is 82.4 cm³/mol. The number of nitrogens with zero attached hydrogens (tertiary/aromatic N) is 1. The molecule has 1 heterocycles. The van der Waals surface area contributed by atoms with E-state index in [9.17, 15) is 0 Å². The third-order valence-corrected chi connectivity index (χ3v) is 4.44. The summed E-state index contributed by atoms with van der Waals surface area (Å²) in [7, 11) is 0. The summed E-state index contributed by atoms with van der Waals surface area (Å²) in [6, 6.07) is 4.65. The van der Waals surface area contributed by atoms with Gasteiger partial charge in [-0.05, 0) is 69.3 Å². The lowest BCUT2D eigenvalue weighted by atomic mass is 9.93. The lowest BCUT2D eigenvalue weighted by Gasteiger charge is -2.32. The van der Waals surface area contributed by atoms with Crippen molar-refractivity contribution in [3.05, 3.63) is 34.4 Å². The summed E-state index contributed by atoms with van der Waals surface area (Å²) in [5, 5.41) is 0. The van der Waals surface area contributed by atoms with Gasteiger partial charge in [-0.1, -0.05) is 24.6 Å². The summed E-state index contributed by atoms with van der Waals surface area (Å²) in [6.45, 7) is 12.3. The maximum Gasteiger partial charge on any atom is 0.0429 e. The van der Waals surface area contributed by atoms with Crippen molar-refractivity contribution in [3.8, 4) is 0 Å². The zero-order chi connectivity index (χ0) is 14.0. The van der Waals surface area contributed by atoms with Gasteiger partial charge in [-0.15, -0.1) is 0 Å². The summed E-state index contributed by atoms with van der Waals surface area (Å²) >= 11 is 0. The van der Waals surface area contributed by atoms with Crippen molar-refractivity contribution < 1.29 is 0 Å². The molecule has 1 atom stereocenters. The molecule has 0 bridgehead atoms. The van der Waals surface area contributed by atoms with Crippen LogP contribution in [0.2, 0.25) is 0 Å². The van der Waals surface area contributed by atoms with Gasteiger partial charge in [-0.3, -0.25) is 0 Å². The monoisotopic (exact) mass is 260 g/mol. The Morgan fingerprint density at radius 3 is 2.21 bits per heavy atom. The molecule has 0 saturated carbocycles. The Kier molecular flexibility index (Phi) is 4.64. The first kappa shape index (κ1) is 14.5.